The van der Waals surface area contributed by atoms with Gasteiger partial charge in [0.25, 0.3) is 0 Å². The van der Waals surface area contributed by atoms with Gasteiger partial charge >= 0.3 is 0 Å². The summed E-state index contributed by atoms with van der Waals surface area (Å²) in [5.41, 5.74) is 1.04. The van der Waals surface area contributed by atoms with Crippen molar-refractivity contribution >= 4 is 0 Å². The Balaban J connectivity index is 2.42. The van der Waals surface area contributed by atoms with E-state index in [1.54, 1.807) is 0 Å². The second-order valence-electron chi connectivity index (χ2n) is 4.93. The van der Waals surface area contributed by atoms with Crippen LogP contribution in [-0.2, 0) is 6.54 Å². The van der Waals surface area contributed by atoms with Crippen LogP contribution < -0.4 is 5.32 Å². The van der Waals surface area contributed by atoms with Gasteiger partial charge in [-0.3, -0.25) is 0 Å². The lowest BCUT2D eigenvalue weighted by molar-refractivity contribution is 0.335. The molecule has 1 aromatic heterocycles. The van der Waals surface area contributed by atoms with Crippen LogP contribution >= 0.6 is 0 Å². The molecule has 92 valence electrons. The minimum atomic E-state index is 0.435. The van der Waals surface area contributed by atoms with Crippen molar-refractivity contribution in [2.45, 2.75) is 59.5 Å². The standard InChI is InChI=1S/C13H24N2O/c1-6-10(4)11(5)14-8-12-7-13(9(2)3)15-16-12/h7,9-11,14H,6,8H2,1-5H3. The van der Waals surface area contributed by atoms with Crippen LogP contribution in [0.15, 0.2) is 10.6 Å². The van der Waals surface area contributed by atoms with Crippen molar-refractivity contribution in [1.29, 1.82) is 0 Å². The summed E-state index contributed by atoms with van der Waals surface area (Å²) in [5.74, 6) is 2.05. The Morgan fingerprint density at radius 3 is 2.50 bits per heavy atom. The van der Waals surface area contributed by atoms with Crippen molar-refractivity contribution in [3.05, 3.63) is 17.5 Å². The summed E-state index contributed by atoms with van der Waals surface area (Å²) in [6.45, 7) is 11.7. The van der Waals surface area contributed by atoms with E-state index in [2.05, 4.69) is 45.1 Å². The SMILES string of the molecule is CCC(C)C(C)NCc1cc(C(C)C)no1. The number of hydrogen-bond acceptors (Lipinski definition) is 3. The minimum absolute atomic E-state index is 0.435. The normalized spacial score (nSPS) is 15.4. The molecule has 1 aromatic rings. The molecule has 0 spiro atoms. The summed E-state index contributed by atoms with van der Waals surface area (Å²) >= 11 is 0. The molecular formula is C13H24N2O. The minimum Gasteiger partial charge on any atom is -0.360 e. The molecule has 1 heterocycles. The van der Waals surface area contributed by atoms with Gasteiger partial charge in [0.2, 0.25) is 0 Å². The fourth-order valence-electron chi connectivity index (χ4n) is 1.50. The zero-order valence-corrected chi connectivity index (χ0v) is 11.1. The van der Waals surface area contributed by atoms with Crippen molar-refractivity contribution in [3.63, 3.8) is 0 Å². The van der Waals surface area contributed by atoms with E-state index < -0.39 is 0 Å². The van der Waals surface area contributed by atoms with Crippen molar-refractivity contribution in [2.24, 2.45) is 5.92 Å². The lowest BCUT2D eigenvalue weighted by Gasteiger charge is -2.18. The van der Waals surface area contributed by atoms with E-state index in [9.17, 15) is 0 Å². The van der Waals surface area contributed by atoms with Crippen LogP contribution in [0.2, 0.25) is 0 Å². The molecule has 3 nitrogen and oxygen atoms in total. The fraction of sp³-hybridized carbons (Fsp3) is 0.769. The Kier molecular flexibility index (Phi) is 5.00. The molecule has 0 saturated carbocycles. The Hall–Kier alpha value is -0.830. The van der Waals surface area contributed by atoms with Crippen LogP contribution in [0.25, 0.3) is 0 Å². The second kappa shape index (κ2) is 6.04. The Bertz CT molecular complexity index is 307. The van der Waals surface area contributed by atoms with E-state index >= 15 is 0 Å². The van der Waals surface area contributed by atoms with Gasteiger partial charge in [0.15, 0.2) is 5.76 Å². The van der Waals surface area contributed by atoms with Crippen LogP contribution in [0.3, 0.4) is 0 Å². The molecule has 0 aliphatic rings. The summed E-state index contributed by atoms with van der Waals surface area (Å²) in [6, 6.07) is 2.55. The summed E-state index contributed by atoms with van der Waals surface area (Å²) in [4.78, 5) is 0. The average Bonchev–Trinajstić information content (AvgIpc) is 2.73. The molecule has 2 unspecified atom stereocenters. The van der Waals surface area contributed by atoms with E-state index in [1.165, 1.54) is 6.42 Å². The maximum absolute atomic E-state index is 5.28. The highest BCUT2D eigenvalue weighted by molar-refractivity contribution is 5.08. The van der Waals surface area contributed by atoms with Gasteiger partial charge in [0.1, 0.15) is 0 Å². The molecular weight excluding hydrogens is 200 g/mol. The van der Waals surface area contributed by atoms with Crippen molar-refractivity contribution in [3.8, 4) is 0 Å². The van der Waals surface area contributed by atoms with Gasteiger partial charge in [-0.2, -0.15) is 0 Å². The Labute approximate surface area is 98.6 Å². The zero-order valence-electron chi connectivity index (χ0n) is 11.1. The van der Waals surface area contributed by atoms with Crippen molar-refractivity contribution in [2.75, 3.05) is 0 Å². The number of rotatable bonds is 6. The first kappa shape index (κ1) is 13.2. The molecule has 16 heavy (non-hydrogen) atoms. The highest BCUT2D eigenvalue weighted by atomic mass is 16.5. The maximum atomic E-state index is 5.28. The number of hydrogen-bond donors (Lipinski definition) is 1. The third-order valence-electron chi connectivity index (χ3n) is 3.26. The third kappa shape index (κ3) is 3.63. The van der Waals surface area contributed by atoms with E-state index in [0.29, 0.717) is 17.9 Å². The van der Waals surface area contributed by atoms with E-state index in [4.69, 9.17) is 4.52 Å². The van der Waals surface area contributed by atoms with Crippen LogP contribution in [0, 0.1) is 5.92 Å². The molecule has 2 atom stereocenters. The lowest BCUT2D eigenvalue weighted by Crippen LogP contribution is -2.31. The number of nitrogens with one attached hydrogen (secondary N) is 1. The Morgan fingerprint density at radius 2 is 2.00 bits per heavy atom. The van der Waals surface area contributed by atoms with E-state index in [1.807, 2.05) is 6.07 Å². The average molecular weight is 224 g/mol. The second-order valence-corrected chi connectivity index (χ2v) is 4.93. The topological polar surface area (TPSA) is 38.1 Å². The van der Waals surface area contributed by atoms with E-state index in [0.717, 1.165) is 18.0 Å². The summed E-state index contributed by atoms with van der Waals surface area (Å²) < 4.78 is 5.28. The number of aromatic nitrogens is 1. The molecule has 1 rings (SSSR count). The van der Waals surface area contributed by atoms with Gasteiger partial charge in [-0.05, 0) is 18.8 Å². The summed E-state index contributed by atoms with van der Waals surface area (Å²) in [7, 11) is 0. The molecule has 1 N–H and O–H groups in total. The van der Waals surface area contributed by atoms with E-state index in [-0.39, 0.29) is 0 Å². The van der Waals surface area contributed by atoms with Gasteiger partial charge in [-0.15, -0.1) is 0 Å². The highest BCUT2D eigenvalue weighted by Gasteiger charge is 2.11. The van der Waals surface area contributed by atoms with Gasteiger partial charge in [0, 0.05) is 12.1 Å². The molecule has 0 saturated heterocycles. The van der Waals surface area contributed by atoms with Gasteiger partial charge in [0.05, 0.1) is 12.2 Å². The molecule has 0 bridgehead atoms. The quantitative estimate of drug-likeness (QED) is 0.805. The monoisotopic (exact) mass is 224 g/mol. The lowest BCUT2D eigenvalue weighted by atomic mass is 10.0. The first-order chi connectivity index (χ1) is 7.54. The molecule has 3 heteroatoms. The van der Waals surface area contributed by atoms with Gasteiger partial charge in [-0.1, -0.05) is 39.3 Å². The van der Waals surface area contributed by atoms with Crippen molar-refractivity contribution < 1.29 is 4.52 Å². The first-order valence-corrected chi connectivity index (χ1v) is 6.23. The molecule has 0 radical (unpaired) electrons. The molecule has 0 aromatic carbocycles. The third-order valence-corrected chi connectivity index (χ3v) is 3.26. The van der Waals surface area contributed by atoms with Gasteiger partial charge in [-0.25, -0.2) is 0 Å². The predicted octanol–water partition coefficient (Wildman–Crippen LogP) is 3.32. The Morgan fingerprint density at radius 1 is 1.31 bits per heavy atom. The molecule has 0 aliphatic heterocycles. The largest absolute Gasteiger partial charge is 0.360 e. The van der Waals surface area contributed by atoms with Crippen LogP contribution in [0.1, 0.15) is 58.4 Å². The molecule has 0 fully saturated rings. The van der Waals surface area contributed by atoms with Gasteiger partial charge < -0.3 is 9.84 Å². The van der Waals surface area contributed by atoms with Crippen LogP contribution in [-0.4, -0.2) is 11.2 Å². The molecule has 0 aliphatic carbocycles. The highest BCUT2D eigenvalue weighted by Crippen LogP contribution is 2.14. The smallest absolute Gasteiger partial charge is 0.150 e. The summed E-state index contributed by atoms with van der Waals surface area (Å²) in [6.07, 6.45) is 1.20. The fourth-order valence-corrected chi connectivity index (χ4v) is 1.50. The number of nitrogens with zero attached hydrogens (tertiary/aromatic N) is 1. The van der Waals surface area contributed by atoms with Crippen molar-refractivity contribution in [1.82, 2.24) is 10.5 Å². The summed E-state index contributed by atoms with van der Waals surface area (Å²) in [5, 5.41) is 7.51. The van der Waals surface area contributed by atoms with Crippen LogP contribution in [0.5, 0.6) is 0 Å². The molecule has 0 amide bonds. The van der Waals surface area contributed by atoms with Crippen LogP contribution in [0.4, 0.5) is 0 Å². The first-order valence-electron chi connectivity index (χ1n) is 6.23. The maximum Gasteiger partial charge on any atom is 0.150 e. The predicted molar refractivity (Wildman–Crippen MR) is 66.3 cm³/mol. The zero-order chi connectivity index (χ0) is 12.1.